The monoisotopic (exact) mass is 464 g/mol. The number of carbonyl (C=O) groups excluding carboxylic acids is 2. The van der Waals surface area contributed by atoms with Gasteiger partial charge in [-0.3, -0.25) is 9.59 Å². The largest absolute Gasteiger partial charge is 1.00 e. The van der Waals surface area contributed by atoms with Crippen molar-refractivity contribution in [1.29, 1.82) is 0 Å². The van der Waals surface area contributed by atoms with E-state index < -0.39 is 0 Å². The minimum absolute atomic E-state index is 0. The lowest BCUT2D eigenvalue weighted by atomic mass is 10.1. The van der Waals surface area contributed by atoms with Gasteiger partial charge in [0.2, 0.25) is 11.8 Å². The molecule has 0 aromatic rings. The predicted molar refractivity (Wildman–Crippen MR) is 114 cm³/mol. The second-order valence-electron chi connectivity index (χ2n) is 7.88. The van der Waals surface area contributed by atoms with E-state index in [1.54, 1.807) is 0 Å². The van der Waals surface area contributed by atoms with Crippen LogP contribution in [0.2, 0.25) is 0 Å². The van der Waals surface area contributed by atoms with Crippen molar-refractivity contribution in [2.75, 3.05) is 39.5 Å². The molecule has 176 valence electrons. The molecular formula is C22H42Cl2N4O2. The summed E-state index contributed by atoms with van der Waals surface area (Å²) in [5.74, 6) is -0.112. The third kappa shape index (κ3) is 16.7. The number of nitrogens with one attached hydrogen (secondary N) is 4. The van der Waals surface area contributed by atoms with Crippen molar-refractivity contribution in [2.24, 2.45) is 0 Å². The van der Waals surface area contributed by atoms with Crippen molar-refractivity contribution in [3.05, 3.63) is 25.3 Å². The van der Waals surface area contributed by atoms with Crippen LogP contribution in [-0.4, -0.2) is 51.3 Å². The van der Waals surface area contributed by atoms with E-state index in [2.05, 4.69) is 23.8 Å². The molecular weight excluding hydrogens is 423 g/mol. The van der Waals surface area contributed by atoms with Crippen LogP contribution in [0, 0.1) is 0 Å². The molecule has 2 amide bonds. The molecule has 0 saturated carbocycles. The minimum atomic E-state index is -0.0560. The molecule has 2 saturated heterocycles. The highest BCUT2D eigenvalue weighted by atomic mass is 35.5. The van der Waals surface area contributed by atoms with Gasteiger partial charge < -0.3 is 45.2 Å². The van der Waals surface area contributed by atoms with E-state index in [0.717, 1.165) is 13.3 Å². The molecule has 0 radical (unpaired) electrons. The fourth-order valence-electron chi connectivity index (χ4n) is 3.73. The number of likely N-dealkylation sites (tertiary alicyclic amines) is 2. The first-order valence-corrected chi connectivity index (χ1v) is 11.1. The molecule has 0 aliphatic carbocycles. The zero-order chi connectivity index (χ0) is 20.5. The van der Waals surface area contributed by atoms with Gasteiger partial charge in [-0.25, -0.2) is 0 Å². The van der Waals surface area contributed by atoms with Gasteiger partial charge in [0.15, 0.2) is 13.3 Å². The third-order valence-electron chi connectivity index (χ3n) is 5.52. The molecule has 0 aromatic carbocycles. The molecule has 4 N–H and O–H groups in total. The third-order valence-corrected chi connectivity index (χ3v) is 5.52. The summed E-state index contributed by atoms with van der Waals surface area (Å²) in [5, 5.41) is 5.71. The van der Waals surface area contributed by atoms with Gasteiger partial charge in [0.25, 0.3) is 0 Å². The van der Waals surface area contributed by atoms with E-state index >= 15 is 0 Å². The van der Waals surface area contributed by atoms with Gasteiger partial charge in [-0.1, -0.05) is 26.0 Å². The van der Waals surface area contributed by atoms with Crippen molar-refractivity contribution in [3.8, 4) is 0 Å². The Labute approximate surface area is 195 Å². The summed E-state index contributed by atoms with van der Waals surface area (Å²) < 4.78 is 0. The summed E-state index contributed by atoms with van der Waals surface area (Å²) in [6, 6.07) is 0. The number of halogens is 2. The quantitative estimate of drug-likeness (QED) is 0.296. The van der Waals surface area contributed by atoms with E-state index in [9.17, 15) is 9.59 Å². The smallest absolute Gasteiger partial charge is 0.247 e. The zero-order valence-electron chi connectivity index (χ0n) is 18.5. The van der Waals surface area contributed by atoms with Gasteiger partial charge in [-0.2, -0.15) is 0 Å². The number of amides is 2. The lowest BCUT2D eigenvalue weighted by Gasteiger charge is -2.21. The topological polar surface area (TPSA) is 67.1 Å². The molecule has 0 aromatic heterocycles. The minimum Gasteiger partial charge on any atom is -1.00 e. The maximum atomic E-state index is 11.0. The van der Waals surface area contributed by atoms with Gasteiger partial charge in [0.05, 0.1) is 26.2 Å². The molecule has 2 fully saturated rings. The summed E-state index contributed by atoms with van der Waals surface area (Å²) in [6.07, 6.45) is 16.0. The standard InChI is InChI=1S/2C11H20N2O.2ClH/c2*1-2-11(14)12-10-13-8-6-4-3-5-7-9-13;;/h2*2H,1,3-10H2,(H,12,14);2*1H. The molecule has 8 heteroatoms. The first kappa shape index (κ1) is 31.1. The van der Waals surface area contributed by atoms with Crippen LogP contribution >= 0.6 is 0 Å². The van der Waals surface area contributed by atoms with Gasteiger partial charge in [-0.15, -0.1) is 0 Å². The molecule has 0 spiro atoms. The molecule has 2 aliphatic heterocycles. The van der Waals surface area contributed by atoms with Crippen LogP contribution < -0.4 is 45.2 Å². The Hall–Kier alpha value is -1.08. The lowest BCUT2D eigenvalue weighted by molar-refractivity contribution is -0.903. The molecule has 0 unspecified atom stereocenters. The Morgan fingerprint density at radius 1 is 0.600 bits per heavy atom. The van der Waals surface area contributed by atoms with Crippen LogP contribution in [0.4, 0.5) is 0 Å². The Morgan fingerprint density at radius 2 is 0.867 bits per heavy atom. The number of hydrogen-bond donors (Lipinski definition) is 4. The maximum absolute atomic E-state index is 11.0. The maximum Gasteiger partial charge on any atom is 0.247 e. The number of hydrogen-bond acceptors (Lipinski definition) is 2. The summed E-state index contributed by atoms with van der Waals surface area (Å²) in [4.78, 5) is 24.9. The normalized spacial score (nSPS) is 18.1. The Bertz CT molecular complexity index is 420. The molecule has 30 heavy (non-hydrogen) atoms. The molecule has 2 heterocycles. The SMILES string of the molecule is C=CC(=O)NC[NH+]1CCCCCCC1.C=CC(=O)NC[NH+]1CCCCCCC1.[Cl-].[Cl-]. The number of carbonyl (C=O) groups is 2. The summed E-state index contributed by atoms with van der Waals surface area (Å²) in [6.45, 7) is 13.2. The van der Waals surface area contributed by atoms with Gasteiger partial charge in [-0.05, 0) is 63.5 Å². The van der Waals surface area contributed by atoms with Crippen LogP contribution in [0.15, 0.2) is 25.3 Å². The summed E-state index contributed by atoms with van der Waals surface area (Å²) >= 11 is 0. The first-order valence-electron chi connectivity index (χ1n) is 11.1. The second kappa shape index (κ2) is 21.2. The highest BCUT2D eigenvalue weighted by molar-refractivity contribution is 5.86. The van der Waals surface area contributed by atoms with Gasteiger partial charge >= 0.3 is 0 Å². The van der Waals surface area contributed by atoms with Crippen molar-refractivity contribution < 1.29 is 44.2 Å². The van der Waals surface area contributed by atoms with E-state index in [0.29, 0.717) is 0 Å². The first-order chi connectivity index (χ1) is 13.7. The Morgan fingerprint density at radius 3 is 1.13 bits per heavy atom. The second-order valence-corrected chi connectivity index (χ2v) is 7.88. The van der Waals surface area contributed by atoms with Crippen molar-refractivity contribution in [1.82, 2.24) is 10.6 Å². The van der Waals surface area contributed by atoms with Crippen molar-refractivity contribution in [2.45, 2.75) is 64.2 Å². The molecule has 2 aliphatic rings. The predicted octanol–water partition coefficient (Wildman–Crippen LogP) is -5.80. The summed E-state index contributed by atoms with van der Waals surface area (Å²) in [5.41, 5.74) is 0. The van der Waals surface area contributed by atoms with Crippen LogP contribution in [0.3, 0.4) is 0 Å². The Balaban J connectivity index is 0. The molecule has 2 rings (SSSR count). The highest BCUT2D eigenvalue weighted by Gasteiger charge is 2.11. The van der Waals surface area contributed by atoms with Gasteiger partial charge in [0.1, 0.15) is 0 Å². The Kier molecular flexibility index (Phi) is 21.9. The average molecular weight is 466 g/mol. The zero-order valence-corrected chi connectivity index (χ0v) is 20.0. The van der Waals surface area contributed by atoms with Crippen LogP contribution in [0.25, 0.3) is 0 Å². The highest BCUT2D eigenvalue weighted by Crippen LogP contribution is 2.03. The number of rotatable bonds is 6. The van der Waals surface area contributed by atoms with Crippen molar-refractivity contribution in [3.63, 3.8) is 0 Å². The van der Waals surface area contributed by atoms with Crippen molar-refractivity contribution >= 4 is 11.8 Å². The number of quaternary nitrogens is 2. The molecule has 0 atom stereocenters. The van der Waals surface area contributed by atoms with Crippen LogP contribution in [0.5, 0.6) is 0 Å². The molecule has 0 bridgehead atoms. The van der Waals surface area contributed by atoms with Gasteiger partial charge in [0, 0.05) is 0 Å². The lowest BCUT2D eigenvalue weighted by Crippen LogP contribution is -3.13. The fourth-order valence-corrected chi connectivity index (χ4v) is 3.73. The fraction of sp³-hybridized carbons (Fsp3) is 0.727. The molecule has 6 nitrogen and oxygen atoms in total. The van der Waals surface area contributed by atoms with E-state index in [-0.39, 0.29) is 36.6 Å². The van der Waals surface area contributed by atoms with E-state index in [1.165, 1.54) is 112 Å². The summed E-state index contributed by atoms with van der Waals surface area (Å²) in [7, 11) is 0. The van der Waals surface area contributed by atoms with Crippen LogP contribution in [0.1, 0.15) is 64.2 Å². The average Bonchev–Trinajstić information content (AvgIpc) is 2.66. The van der Waals surface area contributed by atoms with E-state index in [1.807, 2.05) is 0 Å². The van der Waals surface area contributed by atoms with E-state index in [4.69, 9.17) is 0 Å². The van der Waals surface area contributed by atoms with Crippen LogP contribution in [-0.2, 0) is 9.59 Å².